The SMILES string of the molecule is CC1(F)CC(CN2CCn3nc(COc4ccccc4)cc3C2=O)O1. The van der Waals surface area contributed by atoms with Gasteiger partial charge in [-0.05, 0) is 25.1 Å². The molecule has 1 aromatic carbocycles. The Labute approximate surface area is 145 Å². The van der Waals surface area contributed by atoms with Gasteiger partial charge in [0.25, 0.3) is 5.91 Å². The lowest BCUT2D eigenvalue weighted by Crippen LogP contribution is -2.53. The minimum Gasteiger partial charge on any atom is -0.487 e. The van der Waals surface area contributed by atoms with Crippen molar-refractivity contribution in [3.63, 3.8) is 0 Å². The van der Waals surface area contributed by atoms with Crippen LogP contribution in [-0.2, 0) is 17.9 Å². The number of rotatable bonds is 5. The number of hydrogen-bond donors (Lipinski definition) is 0. The first-order valence-corrected chi connectivity index (χ1v) is 8.41. The van der Waals surface area contributed by atoms with Gasteiger partial charge < -0.3 is 14.4 Å². The molecule has 1 fully saturated rings. The minimum absolute atomic E-state index is 0.0965. The quantitative estimate of drug-likeness (QED) is 0.835. The number of carbonyl (C=O) groups excluding carboxylic acids is 1. The normalized spacial score (nSPS) is 25.4. The number of hydrogen-bond acceptors (Lipinski definition) is 4. The molecule has 0 bridgehead atoms. The maximum atomic E-state index is 13.4. The third kappa shape index (κ3) is 3.37. The summed E-state index contributed by atoms with van der Waals surface area (Å²) in [6.07, 6.45) is 0.0981. The Hall–Kier alpha value is -2.41. The Morgan fingerprint density at radius 1 is 1.36 bits per heavy atom. The van der Waals surface area contributed by atoms with Crippen molar-refractivity contribution in [3.05, 3.63) is 47.8 Å². The molecule has 2 unspecified atom stereocenters. The van der Waals surface area contributed by atoms with Crippen molar-refractivity contribution in [2.75, 3.05) is 13.1 Å². The van der Waals surface area contributed by atoms with Crippen LogP contribution in [0.2, 0.25) is 0 Å². The number of amides is 1. The van der Waals surface area contributed by atoms with Crippen molar-refractivity contribution in [1.82, 2.24) is 14.7 Å². The number of carbonyl (C=O) groups is 1. The Bertz CT molecular complexity index is 767. The van der Waals surface area contributed by atoms with Crippen molar-refractivity contribution >= 4 is 5.91 Å². The van der Waals surface area contributed by atoms with Gasteiger partial charge in [-0.2, -0.15) is 5.10 Å². The van der Waals surface area contributed by atoms with E-state index in [2.05, 4.69) is 5.10 Å². The molecular weight excluding hydrogens is 325 g/mol. The first-order valence-electron chi connectivity index (χ1n) is 8.41. The molecule has 2 atom stereocenters. The zero-order valence-electron chi connectivity index (χ0n) is 14.0. The van der Waals surface area contributed by atoms with Gasteiger partial charge in [-0.25, -0.2) is 4.39 Å². The smallest absolute Gasteiger partial charge is 0.272 e. The van der Waals surface area contributed by atoms with Gasteiger partial charge in [0.1, 0.15) is 23.7 Å². The molecule has 2 aliphatic rings. The third-order valence-electron chi connectivity index (χ3n) is 4.48. The van der Waals surface area contributed by atoms with Crippen LogP contribution in [0.4, 0.5) is 4.39 Å². The van der Waals surface area contributed by atoms with Crippen LogP contribution in [0.1, 0.15) is 29.5 Å². The molecule has 0 spiro atoms. The third-order valence-corrected chi connectivity index (χ3v) is 4.48. The Balaban J connectivity index is 1.39. The van der Waals surface area contributed by atoms with Gasteiger partial charge in [-0.15, -0.1) is 0 Å². The van der Waals surface area contributed by atoms with Crippen LogP contribution in [0.25, 0.3) is 0 Å². The highest BCUT2D eigenvalue weighted by Crippen LogP contribution is 2.34. The first kappa shape index (κ1) is 16.1. The summed E-state index contributed by atoms with van der Waals surface area (Å²) in [4.78, 5) is 14.3. The molecule has 0 N–H and O–H groups in total. The lowest BCUT2D eigenvalue weighted by atomic mass is 10.0. The van der Waals surface area contributed by atoms with E-state index in [4.69, 9.17) is 9.47 Å². The van der Waals surface area contributed by atoms with Gasteiger partial charge >= 0.3 is 0 Å². The van der Waals surface area contributed by atoms with Crippen molar-refractivity contribution in [2.24, 2.45) is 0 Å². The van der Waals surface area contributed by atoms with E-state index in [1.165, 1.54) is 6.92 Å². The number of alkyl halides is 1. The van der Waals surface area contributed by atoms with E-state index in [-0.39, 0.29) is 12.0 Å². The maximum absolute atomic E-state index is 13.4. The fourth-order valence-electron chi connectivity index (χ4n) is 3.30. The van der Waals surface area contributed by atoms with Crippen molar-refractivity contribution < 1.29 is 18.7 Å². The second-order valence-corrected chi connectivity index (χ2v) is 6.64. The van der Waals surface area contributed by atoms with Gasteiger partial charge in [0.2, 0.25) is 5.85 Å². The molecule has 1 amide bonds. The van der Waals surface area contributed by atoms with Crippen LogP contribution >= 0.6 is 0 Å². The first-order chi connectivity index (χ1) is 12.0. The van der Waals surface area contributed by atoms with Crippen molar-refractivity contribution in [3.8, 4) is 5.75 Å². The summed E-state index contributed by atoms with van der Waals surface area (Å²) in [5.74, 6) is -0.883. The van der Waals surface area contributed by atoms with Crippen LogP contribution in [0.15, 0.2) is 36.4 Å². The molecular formula is C18H20FN3O3. The average Bonchev–Trinajstić information content (AvgIpc) is 2.99. The van der Waals surface area contributed by atoms with Crippen molar-refractivity contribution in [2.45, 2.75) is 38.5 Å². The standard InChI is InChI=1S/C18H20FN3O3/c1-18(19)10-15(25-18)11-21-7-8-22-16(17(21)23)9-13(20-22)12-24-14-5-3-2-4-6-14/h2-6,9,15H,7-8,10-12H2,1H3. The molecule has 2 aliphatic heterocycles. The maximum Gasteiger partial charge on any atom is 0.272 e. The lowest BCUT2D eigenvalue weighted by Gasteiger charge is -2.42. The Morgan fingerprint density at radius 3 is 2.84 bits per heavy atom. The van der Waals surface area contributed by atoms with Crippen molar-refractivity contribution in [1.29, 1.82) is 0 Å². The molecule has 1 aromatic heterocycles. The summed E-state index contributed by atoms with van der Waals surface area (Å²) in [6.45, 7) is 3.31. The van der Waals surface area contributed by atoms with Crippen LogP contribution < -0.4 is 4.74 Å². The highest BCUT2D eigenvalue weighted by Gasteiger charge is 2.43. The summed E-state index contributed by atoms with van der Waals surface area (Å²) in [7, 11) is 0. The van der Waals surface area contributed by atoms with Gasteiger partial charge in [0.15, 0.2) is 0 Å². The number of ether oxygens (including phenoxy) is 2. The summed E-state index contributed by atoms with van der Waals surface area (Å²) in [5.41, 5.74) is 1.26. The monoisotopic (exact) mass is 345 g/mol. The average molecular weight is 345 g/mol. The van der Waals surface area contributed by atoms with Crippen LogP contribution in [-0.4, -0.2) is 45.6 Å². The number of nitrogens with zero attached hydrogens (tertiary/aromatic N) is 3. The zero-order valence-corrected chi connectivity index (χ0v) is 14.0. The molecule has 1 saturated heterocycles. The molecule has 0 saturated carbocycles. The number of para-hydroxylation sites is 1. The number of aromatic nitrogens is 2. The number of halogens is 1. The van der Waals surface area contributed by atoms with E-state index >= 15 is 0 Å². The second kappa shape index (κ2) is 6.15. The van der Waals surface area contributed by atoms with Gasteiger partial charge in [-0.3, -0.25) is 9.48 Å². The zero-order chi connectivity index (χ0) is 17.4. The molecule has 0 aliphatic carbocycles. The summed E-state index contributed by atoms with van der Waals surface area (Å²) in [6, 6.07) is 11.2. The molecule has 132 valence electrons. The van der Waals surface area contributed by atoms with Crippen LogP contribution in [0.5, 0.6) is 5.75 Å². The Kier molecular flexibility index (Phi) is 3.95. The van der Waals surface area contributed by atoms with E-state index in [1.54, 1.807) is 15.6 Å². The second-order valence-electron chi connectivity index (χ2n) is 6.64. The molecule has 2 aromatic rings. The van der Waals surface area contributed by atoms with E-state index in [0.717, 1.165) is 5.75 Å². The predicted molar refractivity (Wildman–Crippen MR) is 87.9 cm³/mol. The molecule has 25 heavy (non-hydrogen) atoms. The molecule has 7 heteroatoms. The number of fused-ring (bicyclic) bond motifs is 1. The topological polar surface area (TPSA) is 56.6 Å². The van der Waals surface area contributed by atoms with Gasteiger partial charge in [-0.1, -0.05) is 18.2 Å². The molecule has 6 nitrogen and oxygen atoms in total. The molecule has 3 heterocycles. The lowest BCUT2D eigenvalue weighted by molar-refractivity contribution is -0.269. The largest absolute Gasteiger partial charge is 0.487 e. The summed E-state index contributed by atoms with van der Waals surface area (Å²) >= 11 is 0. The molecule has 4 rings (SSSR count). The summed E-state index contributed by atoms with van der Waals surface area (Å²) in [5, 5.41) is 4.44. The van der Waals surface area contributed by atoms with E-state index in [9.17, 15) is 9.18 Å². The number of benzene rings is 1. The van der Waals surface area contributed by atoms with Gasteiger partial charge in [0, 0.05) is 19.5 Å². The van der Waals surface area contributed by atoms with Crippen LogP contribution in [0.3, 0.4) is 0 Å². The highest BCUT2D eigenvalue weighted by atomic mass is 19.2. The predicted octanol–water partition coefficient (Wildman–Crippen LogP) is 2.39. The minimum atomic E-state index is -1.55. The Morgan fingerprint density at radius 2 is 2.12 bits per heavy atom. The van der Waals surface area contributed by atoms with Gasteiger partial charge in [0.05, 0.1) is 12.6 Å². The highest BCUT2D eigenvalue weighted by molar-refractivity contribution is 5.93. The van der Waals surface area contributed by atoms with E-state index in [0.29, 0.717) is 44.0 Å². The fraction of sp³-hybridized carbons (Fsp3) is 0.444. The van der Waals surface area contributed by atoms with E-state index < -0.39 is 5.85 Å². The molecule has 0 radical (unpaired) electrons. The van der Waals surface area contributed by atoms with E-state index in [1.807, 2.05) is 30.3 Å². The fourth-order valence-corrected chi connectivity index (χ4v) is 3.30. The summed E-state index contributed by atoms with van der Waals surface area (Å²) < 4.78 is 26.0. The van der Waals surface area contributed by atoms with Crippen LogP contribution in [0, 0.1) is 0 Å².